The number of likely N-dealkylation sites (tertiary alicyclic amines) is 1. The Kier molecular flexibility index (Phi) is 5.92. The first-order chi connectivity index (χ1) is 8.06. The van der Waals surface area contributed by atoms with Gasteiger partial charge in [0.1, 0.15) is 0 Å². The second kappa shape index (κ2) is 6.97. The molecule has 1 saturated heterocycles. The molecule has 0 spiro atoms. The number of carbonyl (C=O) groups excluding carboxylic acids is 1. The Hall–Kier alpha value is -0.610. The van der Waals surface area contributed by atoms with Gasteiger partial charge < -0.3 is 16.0 Å². The van der Waals surface area contributed by atoms with Crippen LogP contribution in [0.1, 0.15) is 40.0 Å². The molecule has 17 heavy (non-hydrogen) atoms. The fourth-order valence-corrected chi connectivity index (χ4v) is 2.77. The molecule has 4 nitrogen and oxygen atoms in total. The number of primary amides is 1. The minimum Gasteiger partial charge on any atom is -0.368 e. The Morgan fingerprint density at radius 2 is 2.24 bits per heavy atom. The van der Waals surface area contributed by atoms with E-state index in [9.17, 15) is 4.79 Å². The van der Waals surface area contributed by atoms with Crippen molar-refractivity contribution in [3.63, 3.8) is 0 Å². The number of carbonyl (C=O) groups is 1. The van der Waals surface area contributed by atoms with Gasteiger partial charge in [-0.1, -0.05) is 20.8 Å². The van der Waals surface area contributed by atoms with E-state index in [2.05, 4.69) is 24.1 Å². The van der Waals surface area contributed by atoms with Gasteiger partial charge in [0.2, 0.25) is 5.91 Å². The number of nitrogens with zero attached hydrogens (tertiary/aromatic N) is 1. The predicted molar refractivity (Wildman–Crippen MR) is 70.7 cm³/mol. The Balaban J connectivity index is 2.40. The van der Waals surface area contributed by atoms with Gasteiger partial charge in [-0.15, -0.1) is 0 Å². The van der Waals surface area contributed by atoms with E-state index in [-0.39, 0.29) is 11.9 Å². The lowest BCUT2D eigenvalue weighted by molar-refractivity contribution is -0.120. The largest absolute Gasteiger partial charge is 0.368 e. The van der Waals surface area contributed by atoms with Crippen molar-refractivity contribution in [3.8, 4) is 0 Å². The molecular weight excluding hydrogens is 214 g/mol. The van der Waals surface area contributed by atoms with Gasteiger partial charge in [-0.25, -0.2) is 0 Å². The summed E-state index contributed by atoms with van der Waals surface area (Å²) in [7, 11) is 0. The van der Waals surface area contributed by atoms with Gasteiger partial charge in [0, 0.05) is 12.6 Å². The van der Waals surface area contributed by atoms with E-state index in [0.717, 1.165) is 19.5 Å². The molecule has 100 valence electrons. The van der Waals surface area contributed by atoms with Crippen LogP contribution < -0.4 is 11.1 Å². The van der Waals surface area contributed by atoms with Crippen molar-refractivity contribution in [3.05, 3.63) is 0 Å². The molecule has 0 aromatic rings. The SMILES string of the molecule is CCNC(CCN1CCCC1C(C)C)C(N)=O. The van der Waals surface area contributed by atoms with Gasteiger partial charge in [-0.05, 0) is 38.3 Å². The summed E-state index contributed by atoms with van der Waals surface area (Å²) in [6.45, 7) is 9.49. The molecule has 0 saturated carbocycles. The minimum atomic E-state index is -0.229. The first-order valence-electron chi connectivity index (χ1n) is 6.83. The molecule has 0 aromatic carbocycles. The summed E-state index contributed by atoms with van der Waals surface area (Å²) in [6.07, 6.45) is 3.40. The number of amides is 1. The summed E-state index contributed by atoms with van der Waals surface area (Å²) in [5.41, 5.74) is 5.38. The van der Waals surface area contributed by atoms with E-state index in [0.29, 0.717) is 12.0 Å². The first-order valence-corrected chi connectivity index (χ1v) is 6.83. The number of rotatable bonds is 7. The number of hydrogen-bond donors (Lipinski definition) is 2. The predicted octanol–water partition coefficient (Wildman–Crippen LogP) is 0.960. The fourth-order valence-electron chi connectivity index (χ4n) is 2.77. The first kappa shape index (κ1) is 14.5. The van der Waals surface area contributed by atoms with Crippen LogP contribution in [0.4, 0.5) is 0 Å². The third-order valence-corrected chi connectivity index (χ3v) is 3.68. The average molecular weight is 241 g/mol. The number of nitrogens with one attached hydrogen (secondary N) is 1. The number of hydrogen-bond acceptors (Lipinski definition) is 3. The second-order valence-corrected chi connectivity index (χ2v) is 5.29. The Morgan fingerprint density at radius 3 is 2.76 bits per heavy atom. The number of likely N-dealkylation sites (N-methyl/N-ethyl adjacent to an activating group) is 1. The van der Waals surface area contributed by atoms with Crippen molar-refractivity contribution in [1.29, 1.82) is 0 Å². The van der Waals surface area contributed by atoms with Gasteiger partial charge in [-0.2, -0.15) is 0 Å². The zero-order valence-electron chi connectivity index (χ0n) is 11.4. The van der Waals surface area contributed by atoms with Gasteiger partial charge in [0.25, 0.3) is 0 Å². The van der Waals surface area contributed by atoms with Crippen molar-refractivity contribution >= 4 is 5.91 Å². The molecule has 1 amide bonds. The van der Waals surface area contributed by atoms with Crippen molar-refractivity contribution in [1.82, 2.24) is 10.2 Å². The Morgan fingerprint density at radius 1 is 1.53 bits per heavy atom. The Labute approximate surface area is 105 Å². The van der Waals surface area contributed by atoms with Crippen molar-refractivity contribution in [2.24, 2.45) is 11.7 Å². The number of nitrogens with two attached hydrogens (primary N) is 1. The molecule has 1 rings (SSSR count). The molecule has 1 aliphatic rings. The third kappa shape index (κ3) is 4.28. The molecule has 2 unspecified atom stereocenters. The van der Waals surface area contributed by atoms with Crippen LogP contribution in [0.3, 0.4) is 0 Å². The van der Waals surface area contributed by atoms with Gasteiger partial charge in [0.05, 0.1) is 6.04 Å². The van der Waals surface area contributed by atoms with E-state index < -0.39 is 0 Å². The summed E-state index contributed by atoms with van der Waals surface area (Å²) in [4.78, 5) is 13.8. The molecule has 0 aromatic heterocycles. The standard InChI is InChI=1S/C13H27N3O/c1-4-15-11(13(14)17)7-9-16-8-5-6-12(16)10(2)3/h10-12,15H,4-9H2,1-3H3,(H2,14,17). The third-order valence-electron chi connectivity index (χ3n) is 3.68. The highest BCUT2D eigenvalue weighted by Gasteiger charge is 2.27. The maximum atomic E-state index is 11.3. The maximum Gasteiger partial charge on any atom is 0.234 e. The summed E-state index contributed by atoms with van der Waals surface area (Å²) in [5, 5.41) is 3.15. The Bertz CT molecular complexity index is 243. The second-order valence-electron chi connectivity index (χ2n) is 5.29. The maximum absolute atomic E-state index is 11.3. The van der Waals surface area contributed by atoms with Crippen molar-refractivity contribution in [2.75, 3.05) is 19.6 Å². The molecule has 4 heteroatoms. The monoisotopic (exact) mass is 241 g/mol. The molecule has 2 atom stereocenters. The lowest BCUT2D eigenvalue weighted by Gasteiger charge is -2.28. The summed E-state index contributed by atoms with van der Waals surface area (Å²) < 4.78 is 0. The van der Waals surface area contributed by atoms with E-state index in [1.807, 2.05) is 6.92 Å². The molecular formula is C13H27N3O. The normalized spacial score (nSPS) is 23.2. The van der Waals surface area contributed by atoms with Gasteiger partial charge in [0.15, 0.2) is 0 Å². The van der Waals surface area contributed by atoms with Crippen LogP contribution in [0.15, 0.2) is 0 Å². The molecule has 0 bridgehead atoms. The van der Waals surface area contributed by atoms with Crippen LogP contribution in [0.25, 0.3) is 0 Å². The van der Waals surface area contributed by atoms with Gasteiger partial charge in [-0.3, -0.25) is 4.79 Å². The highest BCUT2D eigenvalue weighted by atomic mass is 16.1. The van der Waals surface area contributed by atoms with Crippen LogP contribution in [-0.2, 0) is 4.79 Å². The topological polar surface area (TPSA) is 58.4 Å². The molecule has 0 radical (unpaired) electrons. The zero-order valence-corrected chi connectivity index (χ0v) is 11.4. The highest BCUT2D eigenvalue weighted by molar-refractivity contribution is 5.79. The highest BCUT2D eigenvalue weighted by Crippen LogP contribution is 2.23. The van der Waals surface area contributed by atoms with Crippen LogP contribution in [0, 0.1) is 5.92 Å². The lowest BCUT2D eigenvalue weighted by atomic mass is 10.0. The van der Waals surface area contributed by atoms with E-state index in [1.54, 1.807) is 0 Å². The zero-order chi connectivity index (χ0) is 12.8. The van der Waals surface area contributed by atoms with Crippen molar-refractivity contribution < 1.29 is 4.79 Å². The molecule has 1 heterocycles. The fraction of sp³-hybridized carbons (Fsp3) is 0.923. The lowest BCUT2D eigenvalue weighted by Crippen LogP contribution is -2.44. The van der Waals surface area contributed by atoms with E-state index in [4.69, 9.17) is 5.73 Å². The van der Waals surface area contributed by atoms with Crippen LogP contribution in [-0.4, -0.2) is 42.5 Å². The van der Waals surface area contributed by atoms with E-state index in [1.165, 1.54) is 19.4 Å². The van der Waals surface area contributed by atoms with E-state index >= 15 is 0 Å². The minimum absolute atomic E-state index is 0.173. The average Bonchev–Trinajstić information content (AvgIpc) is 2.71. The summed E-state index contributed by atoms with van der Waals surface area (Å²) in [6, 6.07) is 0.513. The summed E-state index contributed by atoms with van der Waals surface area (Å²) in [5.74, 6) is 0.468. The molecule has 1 fully saturated rings. The molecule has 3 N–H and O–H groups in total. The van der Waals surface area contributed by atoms with Crippen molar-refractivity contribution in [2.45, 2.75) is 52.1 Å². The molecule has 1 aliphatic heterocycles. The van der Waals surface area contributed by atoms with Crippen LogP contribution in [0.2, 0.25) is 0 Å². The van der Waals surface area contributed by atoms with Crippen LogP contribution in [0.5, 0.6) is 0 Å². The molecule has 0 aliphatic carbocycles. The quantitative estimate of drug-likeness (QED) is 0.698. The van der Waals surface area contributed by atoms with Gasteiger partial charge >= 0.3 is 0 Å². The summed E-state index contributed by atoms with van der Waals surface area (Å²) >= 11 is 0. The smallest absolute Gasteiger partial charge is 0.234 e. The van der Waals surface area contributed by atoms with Crippen LogP contribution >= 0.6 is 0 Å².